The monoisotopic (exact) mass is 445 g/mol. The van der Waals surface area contributed by atoms with E-state index in [1.54, 1.807) is 49.9 Å². The third kappa shape index (κ3) is 4.12. The summed E-state index contributed by atoms with van der Waals surface area (Å²) in [5, 5.41) is 0. The number of hydrogen-bond donors (Lipinski definition) is 0. The average molecular weight is 446 g/mol. The molecule has 2 aliphatic heterocycles. The van der Waals surface area contributed by atoms with Crippen molar-refractivity contribution in [3.8, 4) is 5.75 Å². The van der Waals surface area contributed by atoms with Crippen molar-refractivity contribution in [1.82, 2.24) is 13.8 Å². The van der Waals surface area contributed by atoms with Crippen LogP contribution in [-0.4, -0.2) is 61.9 Å². The fourth-order valence-corrected chi connectivity index (χ4v) is 6.06. The van der Waals surface area contributed by atoms with E-state index in [1.165, 1.54) is 15.3 Å². The first kappa shape index (κ1) is 21.6. The van der Waals surface area contributed by atoms with Gasteiger partial charge in [0.05, 0.1) is 4.90 Å². The molecule has 0 radical (unpaired) electrons. The lowest BCUT2D eigenvalue weighted by molar-refractivity contribution is -0.130. The molecule has 1 amide bonds. The maximum absolute atomic E-state index is 13.4. The molecule has 2 aliphatic rings. The molecule has 3 heterocycles. The van der Waals surface area contributed by atoms with Gasteiger partial charge in [-0.3, -0.25) is 9.59 Å². The highest BCUT2D eigenvalue weighted by molar-refractivity contribution is 7.89. The highest BCUT2D eigenvalue weighted by Crippen LogP contribution is 2.37. The Morgan fingerprint density at radius 1 is 1.16 bits per heavy atom. The number of nitrogens with zero attached hydrogens (tertiary/aromatic N) is 3. The SMILES string of the molecule is Cc1cc(S(=O)(=O)N2CC3CC(C2)c2cccc(=O)n2C3)ccc1OCC(=O)N(C)C. The van der Waals surface area contributed by atoms with Crippen LogP contribution in [0.15, 0.2) is 46.1 Å². The van der Waals surface area contributed by atoms with Gasteiger partial charge in [-0.25, -0.2) is 8.42 Å². The summed E-state index contributed by atoms with van der Waals surface area (Å²) < 4.78 is 35.6. The lowest BCUT2D eigenvalue weighted by Gasteiger charge is -2.42. The zero-order valence-electron chi connectivity index (χ0n) is 17.9. The van der Waals surface area contributed by atoms with Crippen molar-refractivity contribution in [1.29, 1.82) is 0 Å². The molecule has 0 saturated carbocycles. The smallest absolute Gasteiger partial charge is 0.259 e. The molecular formula is C22H27N3O5S. The molecule has 2 aromatic rings. The predicted octanol–water partition coefficient (Wildman–Crippen LogP) is 1.43. The largest absolute Gasteiger partial charge is 0.483 e. The summed E-state index contributed by atoms with van der Waals surface area (Å²) in [5.74, 6) is 0.437. The highest BCUT2D eigenvalue weighted by atomic mass is 32.2. The van der Waals surface area contributed by atoms with Gasteiger partial charge in [0.25, 0.3) is 11.5 Å². The Hall–Kier alpha value is -2.65. The fourth-order valence-electron chi connectivity index (χ4n) is 4.41. The number of pyridine rings is 1. The number of likely N-dealkylation sites (N-methyl/N-ethyl adjacent to an activating group) is 1. The van der Waals surface area contributed by atoms with E-state index in [4.69, 9.17) is 4.74 Å². The number of carbonyl (C=O) groups is 1. The molecule has 9 heteroatoms. The van der Waals surface area contributed by atoms with Crippen LogP contribution in [0.3, 0.4) is 0 Å². The Morgan fingerprint density at radius 2 is 1.94 bits per heavy atom. The topological polar surface area (TPSA) is 88.9 Å². The number of amides is 1. The van der Waals surface area contributed by atoms with Crippen molar-refractivity contribution in [2.45, 2.75) is 30.7 Å². The standard InChI is InChI=1S/C22H27N3O5S/c1-15-9-18(7-8-20(15)30-14-22(27)23(2)3)31(28,29)24-11-16-10-17(13-24)19-5-4-6-21(26)25(19)12-16/h4-9,16-17H,10-14H2,1-3H3. The Labute approximate surface area is 182 Å². The van der Waals surface area contributed by atoms with Crippen molar-refractivity contribution < 1.29 is 17.9 Å². The summed E-state index contributed by atoms with van der Waals surface area (Å²) in [6.45, 7) is 2.96. The second-order valence-electron chi connectivity index (χ2n) is 8.52. The van der Waals surface area contributed by atoms with E-state index in [-0.39, 0.29) is 34.8 Å². The van der Waals surface area contributed by atoms with Gasteiger partial charge in [-0.15, -0.1) is 0 Å². The molecule has 2 bridgehead atoms. The van der Waals surface area contributed by atoms with Gasteiger partial charge in [0.15, 0.2) is 6.61 Å². The molecule has 2 unspecified atom stereocenters. The molecule has 8 nitrogen and oxygen atoms in total. The molecule has 4 rings (SSSR count). The van der Waals surface area contributed by atoms with Gasteiger partial charge < -0.3 is 14.2 Å². The fraction of sp³-hybridized carbons (Fsp3) is 0.455. The lowest BCUT2D eigenvalue weighted by atomic mass is 9.84. The number of piperidine rings is 1. The van der Waals surface area contributed by atoms with E-state index in [2.05, 4.69) is 0 Å². The van der Waals surface area contributed by atoms with E-state index in [0.717, 1.165) is 12.1 Å². The van der Waals surface area contributed by atoms with Crippen LogP contribution >= 0.6 is 0 Å². The van der Waals surface area contributed by atoms with Gasteiger partial charge in [0.1, 0.15) is 5.75 Å². The van der Waals surface area contributed by atoms with Gasteiger partial charge in [-0.05, 0) is 49.1 Å². The highest BCUT2D eigenvalue weighted by Gasteiger charge is 2.39. The van der Waals surface area contributed by atoms with Crippen molar-refractivity contribution in [2.24, 2.45) is 5.92 Å². The number of rotatable bonds is 5. The molecular weight excluding hydrogens is 418 g/mol. The van der Waals surface area contributed by atoms with Crippen LogP contribution in [0.2, 0.25) is 0 Å². The van der Waals surface area contributed by atoms with Gasteiger partial charge >= 0.3 is 0 Å². The van der Waals surface area contributed by atoms with E-state index >= 15 is 0 Å². The van der Waals surface area contributed by atoms with Crippen LogP contribution in [0.1, 0.15) is 23.6 Å². The Morgan fingerprint density at radius 3 is 2.65 bits per heavy atom. The maximum Gasteiger partial charge on any atom is 0.259 e. The summed E-state index contributed by atoms with van der Waals surface area (Å²) in [4.78, 5) is 25.6. The number of fused-ring (bicyclic) bond motifs is 4. The molecule has 166 valence electrons. The van der Waals surface area contributed by atoms with Crippen LogP contribution in [0.4, 0.5) is 0 Å². The van der Waals surface area contributed by atoms with E-state index in [9.17, 15) is 18.0 Å². The van der Waals surface area contributed by atoms with Gasteiger partial charge in [-0.1, -0.05) is 6.07 Å². The van der Waals surface area contributed by atoms with Crippen LogP contribution < -0.4 is 10.3 Å². The molecule has 2 atom stereocenters. The van der Waals surface area contributed by atoms with Crippen LogP contribution in [0.5, 0.6) is 5.75 Å². The van der Waals surface area contributed by atoms with Crippen molar-refractivity contribution >= 4 is 15.9 Å². The Balaban J connectivity index is 1.55. The minimum Gasteiger partial charge on any atom is -0.483 e. The molecule has 1 saturated heterocycles. The second-order valence-corrected chi connectivity index (χ2v) is 10.5. The Kier molecular flexibility index (Phi) is 5.65. The van der Waals surface area contributed by atoms with E-state index < -0.39 is 10.0 Å². The van der Waals surface area contributed by atoms with Gasteiger partial charge in [0.2, 0.25) is 10.0 Å². The average Bonchev–Trinajstić information content (AvgIpc) is 2.73. The molecule has 1 aromatic heterocycles. The molecule has 0 spiro atoms. The van der Waals surface area contributed by atoms with Crippen LogP contribution in [0, 0.1) is 12.8 Å². The van der Waals surface area contributed by atoms with E-state index in [0.29, 0.717) is 30.9 Å². The third-order valence-corrected chi connectivity index (χ3v) is 7.91. The third-order valence-electron chi connectivity index (χ3n) is 6.08. The van der Waals surface area contributed by atoms with Crippen LogP contribution in [-0.2, 0) is 21.4 Å². The molecule has 0 N–H and O–H groups in total. The van der Waals surface area contributed by atoms with Crippen molar-refractivity contribution in [3.05, 3.63) is 58.0 Å². The minimum absolute atomic E-state index is 0.0110. The summed E-state index contributed by atoms with van der Waals surface area (Å²) in [5.41, 5.74) is 1.54. The number of carbonyl (C=O) groups excluding carboxylic acids is 1. The number of sulfonamides is 1. The quantitative estimate of drug-likeness (QED) is 0.695. The van der Waals surface area contributed by atoms with Crippen LogP contribution in [0.25, 0.3) is 0 Å². The minimum atomic E-state index is -3.69. The predicted molar refractivity (Wildman–Crippen MR) is 116 cm³/mol. The molecule has 1 fully saturated rings. The summed E-state index contributed by atoms with van der Waals surface area (Å²) in [7, 11) is -0.386. The number of benzene rings is 1. The summed E-state index contributed by atoms with van der Waals surface area (Å²) >= 11 is 0. The van der Waals surface area contributed by atoms with Crippen molar-refractivity contribution in [3.63, 3.8) is 0 Å². The first-order valence-electron chi connectivity index (χ1n) is 10.3. The second kappa shape index (κ2) is 8.12. The maximum atomic E-state index is 13.4. The first-order chi connectivity index (χ1) is 14.7. The number of hydrogen-bond acceptors (Lipinski definition) is 5. The number of ether oxygens (including phenoxy) is 1. The van der Waals surface area contributed by atoms with Gasteiger partial charge in [0, 0.05) is 51.4 Å². The summed E-state index contributed by atoms with van der Waals surface area (Å²) in [6.07, 6.45) is 0.890. The molecule has 1 aromatic carbocycles. The lowest BCUT2D eigenvalue weighted by Crippen LogP contribution is -2.49. The van der Waals surface area contributed by atoms with E-state index in [1.807, 2.05) is 6.07 Å². The summed E-state index contributed by atoms with van der Waals surface area (Å²) in [6, 6.07) is 9.94. The van der Waals surface area contributed by atoms with Crippen molar-refractivity contribution in [2.75, 3.05) is 33.8 Å². The Bertz CT molecular complexity index is 1170. The zero-order valence-corrected chi connectivity index (χ0v) is 18.8. The van der Waals surface area contributed by atoms with Gasteiger partial charge in [-0.2, -0.15) is 4.31 Å². The normalized spacial score (nSPS) is 20.7. The number of aromatic nitrogens is 1. The number of aryl methyl sites for hydroxylation is 1. The first-order valence-corrected chi connectivity index (χ1v) is 11.7. The molecule has 31 heavy (non-hydrogen) atoms. The zero-order chi connectivity index (χ0) is 22.3. The molecule has 0 aliphatic carbocycles.